The van der Waals surface area contributed by atoms with Crippen LogP contribution in [0.2, 0.25) is 0 Å². The topological polar surface area (TPSA) is 34.1 Å². The molecule has 2 aliphatic carbocycles. The van der Waals surface area contributed by atoms with Crippen LogP contribution in [0, 0.1) is 0 Å². The molecule has 6 aromatic rings. The van der Waals surface area contributed by atoms with E-state index in [1.807, 2.05) is 121 Å². The molecule has 0 saturated heterocycles. The molecule has 0 spiro atoms. The second-order valence-electron chi connectivity index (χ2n) is 13.3. The van der Waals surface area contributed by atoms with Crippen LogP contribution in [0.3, 0.4) is 0 Å². The lowest BCUT2D eigenvalue weighted by molar-refractivity contribution is 0.591. The van der Waals surface area contributed by atoms with E-state index in [-0.39, 0.29) is 0 Å². The molecule has 0 aromatic heterocycles. The molecule has 0 heterocycles. The van der Waals surface area contributed by atoms with Gasteiger partial charge in [0.15, 0.2) is 14.3 Å². The third-order valence-corrected chi connectivity index (χ3v) is 16.6. The predicted octanol–water partition coefficient (Wildman–Crippen LogP) is 8.39. The fourth-order valence-electron chi connectivity index (χ4n) is 7.90. The van der Waals surface area contributed by atoms with Gasteiger partial charge in [0.1, 0.15) is 0 Å². The highest BCUT2D eigenvalue weighted by atomic mass is 31.2. The van der Waals surface area contributed by atoms with Crippen LogP contribution in [-0.4, -0.2) is 0 Å². The van der Waals surface area contributed by atoms with E-state index in [2.05, 4.69) is 24.3 Å². The van der Waals surface area contributed by atoms with Crippen molar-refractivity contribution in [1.82, 2.24) is 0 Å². The van der Waals surface area contributed by atoms with Crippen molar-refractivity contribution in [3.8, 4) is 11.1 Å². The quantitative estimate of drug-likeness (QED) is 0.161. The van der Waals surface area contributed by atoms with Gasteiger partial charge in [-0.05, 0) is 96.9 Å². The van der Waals surface area contributed by atoms with Gasteiger partial charge < -0.3 is 9.13 Å². The Balaban J connectivity index is 1.51. The zero-order valence-electron chi connectivity index (χ0n) is 27.2. The van der Waals surface area contributed by atoms with Gasteiger partial charge in [-0.15, -0.1) is 0 Å². The second kappa shape index (κ2) is 13.0. The fourth-order valence-corrected chi connectivity index (χ4v) is 13.7. The molecule has 8 rings (SSSR count). The summed E-state index contributed by atoms with van der Waals surface area (Å²) in [7, 11) is -6.72. The number of rotatable bonds is 7. The van der Waals surface area contributed by atoms with Crippen LogP contribution >= 0.6 is 14.3 Å². The summed E-state index contributed by atoms with van der Waals surface area (Å²) in [5.74, 6) is 0. The minimum atomic E-state index is -3.36. The van der Waals surface area contributed by atoms with Gasteiger partial charge in [0.25, 0.3) is 0 Å². The molecule has 0 saturated carbocycles. The highest BCUT2D eigenvalue weighted by Crippen LogP contribution is 2.50. The Morgan fingerprint density at radius 2 is 0.583 bits per heavy atom. The summed E-state index contributed by atoms with van der Waals surface area (Å²) in [6, 6.07) is 49.2. The average Bonchev–Trinajstić information content (AvgIpc) is 3.17. The molecule has 6 aromatic carbocycles. The van der Waals surface area contributed by atoms with E-state index in [0.29, 0.717) is 0 Å². The number of hydrogen-bond acceptors (Lipinski definition) is 2. The van der Waals surface area contributed by atoms with Gasteiger partial charge >= 0.3 is 0 Å². The van der Waals surface area contributed by atoms with Crippen molar-refractivity contribution in [2.24, 2.45) is 0 Å². The summed E-state index contributed by atoms with van der Waals surface area (Å²) in [6.45, 7) is 0. The van der Waals surface area contributed by atoms with Crippen LogP contribution in [0.5, 0.6) is 0 Å². The Hall–Kier alpha value is -4.22. The molecule has 0 aliphatic heterocycles. The van der Waals surface area contributed by atoms with Crippen LogP contribution in [0.1, 0.15) is 47.9 Å². The van der Waals surface area contributed by atoms with Gasteiger partial charge in [0, 0.05) is 31.8 Å². The summed E-state index contributed by atoms with van der Waals surface area (Å²) in [4.78, 5) is 0. The SMILES string of the molecule is O=P(c1ccccc1)(c1ccccc1)c1cc2c(cc1-c1cc3c(cc1P(=O)(c1ccccc1)c1ccccc1)CCCC3)CCCC2. The highest BCUT2D eigenvalue weighted by Gasteiger charge is 2.38. The Morgan fingerprint density at radius 1 is 0.333 bits per heavy atom. The van der Waals surface area contributed by atoms with Crippen LogP contribution < -0.4 is 31.8 Å². The number of fused-ring (bicyclic) bond motifs is 2. The summed E-state index contributed by atoms with van der Waals surface area (Å²) in [5, 5.41) is 4.99. The van der Waals surface area contributed by atoms with E-state index < -0.39 is 14.3 Å². The molecule has 48 heavy (non-hydrogen) atoms. The molecular formula is C44H40O2P2. The van der Waals surface area contributed by atoms with Crippen molar-refractivity contribution in [3.05, 3.63) is 168 Å². The van der Waals surface area contributed by atoms with Gasteiger partial charge in [-0.3, -0.25) is 0 Å². The predicted molar refractivity (Wildman–Crippen MR) is 204 cm³/mol. The first-order chi connectivity index (χ1) is 23.6. The molecular weight excluding hydrogens is 622 g/mol. The smallest absolute Gasteiger partial charge is 0.171 e. The number of aryl methyl sites for hydroxylation is 4. The van der Waals surface area contributed by atoms with Crippen LogP contribution in [0.4, 0.5) is 0 Å². The maximum Gasteiger partial charge on any atom is 0.171 e. The molecule has 238 valence electrons. The lowest BCUT2D eigenvalue weighted by Gasteiger charge is -2.30. The van der Waals surface area contributed by atoms with Crippen molar-refractivity contribution in [2.75, 3.05) is 0 Å². The molecule has 4 heteroatoms. The van der Waals surface area contributed by atoms with E-state index in [1.54, 1.807) is 0 Å². The third-order valence-electron chi connectivity index (χ3n) is 10.4. The molecule has 2 aliphatic rings. The maximum atomic E-state index is 16.2. The van der Waals surface area contributed by atoms with Crippen molar-refractivity contribution in [2.45, 2.75) is 51.4 Å². The Kier molecular flexibility index (Phi) is 8.42. The maximum absolute atomic E-state index is 16.2. The highest BCUT2D eigenvalue weighted by molar-refractivity contribution is 7.86. The fraction of sp³-hybridized carbons (Fsp3) is 0.182. The van der Waals surface area contributed by atoms with E-state index in [4.69, 9.17) is 0 Å². The molecule has 0 bridgehead atoms. The minimum absolute atomic E-state index is 0.821. The second-order valence-corrected chi connectivity index (χ2v) is 18.7. The van der Waals surface area contributed by atoms with E-state index in [0.717, 1.165) is 94.3 Å². The van der Waals surface area contributed by atoms with Crippen molar-refractivity contribution >= 4 is 46.1 Å². The minimum Gasteiger partial charge on any atom is -0.309 e. The first kappa shape index (κ1) is 31.1. The van der Waals surface area contributed by atoms with Gasteiger partial charge in [-0.25, -0.2) is 0 Å². The van der Waals surface area contributed by atoms with Crippen molar-refractivity contribution in [3.63, 3.8) is 0 Å². The van der Waals surface area contributed by atoms with Crippen LogP contribution in [0.25, 0.3) is 11.1 Å². The van der Waals surface area contributed by atoms with Crippen LogP contribution in [0.15, 0.2) is 146 Å². The number of hydrogen-bond donors (Lipinski definition) is 0. The summed E-state index contributed by atoms with van der Waals surface area (Å²) in [6.07, 6.45) is 8.51. The summed E-state index contributed by atoms with van der Waals surface area (Å²) in [5.41, 5.74) is 7.15. The van der Waals surface area contributed by atoms with Gasteiger partial charge in [-0.1, -0.05) is 133 Å². The first-order valence-corrected chi connectivity index (χ1v) is 20.7. The summed E-state index contributed by atoms with van der Waals surface area (Å²) < 4.78 is 32.4. The van der Waals surface area contributed by atoms with Gasteiger partial charge in [-0.2, -0.15) is 0 Å². The lowest BCUT2D eigenvalue weighted by Crippen LogP contribution is -2.31. The molecule has 2 nitrogen and oxygen atoms in total. The zero-order valence-corrected chi connectivity index (χ0v) is 29.0. The van der Waals surface area contributed by atoms with Crippen LogP contribution in [-0.2, 0) is 34.8 Å². The van der Waals surface area contributed by atoms with Crippen molar-refractivity contribution < 1.29 is 9.13 Å². The lowest BCUT2D eigenvalue weighted by atomic mass is 9.86. The first-order valence-electron chi connectivity index (χ1n) is 17.3. The number of benzene rings is 6. The zero-order chi connectivity index (χ0) is 32.6. The molecule has 0 amide bonds. The summed E-state index contributed by atoms with van der Waals surface area (Å²) >= 11 is 0. The van der Waals surface area contributed by atoms with Gasteiger partial charge in [0.05, 0.1) is 0 Å². The molecule has 0 fully saturated rings. The molecule has 0 unspecified atom stereocenters. The van der Waals surface area contributed by atoms with E-state index in [9.17, 15) is 0 Å². The van der Waals surface area contributed by atoms with E-state index >= 15 is 9.13 Å². The monoisotopic (exact) mass is 662 g/mol. The average molecular weight is 663 g/mol. The standard InChI is InChI=1S/C44H40O2P2/c45-47(37-21-5-1-6-22-37,38-23-7-2-8-24-38)43-31-35-19-15-13-17-33(35)29-41(43)42-30-34-18-14-16-20-36(34)32-44(42)48(46,39-25-9-3-10-26-39)40-27-11-4-12-28-40/h1-12,21-32H,13-20H2. The largest absolute Gasteiger partial charge is 0.309 e. The molecule has 0 radical (unpaired) electrons. The third kappa shape index (κ3) is 5.37. The Morgan fingerprint density at radius 3 is 0.854 bits per heavy atom. The Bertz CT molecular complexity index is 1930. The van der Waals surface area contributed by atoms with E-state index in [1.165, 1.54) is 22.3 Å². The van der Waals surface area contributed by atoms with Crippen molar-refractivity contribution in [1.29, 1.82) is 0 Å². The molecule has 0 atom stereocenters. The molecule has 0 N–H and O–H groups in total. The van der Waals surface area contributed by atoms with Gasteiger partial charge in [0.2, 0.25) is 0 Å². The Labute approximate surface area is 284 Å². The normalized spacial score (nSPS) is 14.6.